The number of benzene rings is 1. The fourth-order valence-electron chi connectivity index (χ4n) is 2.78. The van der Waals surface area contributed by atoms with Gasteiger partial charge in [0.05, 0.1) is 18.7 Å². The molecule has 1 aliphatic heterocycles. The SMILES string of the molecule is C=CCN1CCCC1CCOc1cc(Cl)cc(Cl)c1OC. The van der Waals surface area contributed by atoms with Gasteiger partial charge in [0.1, 0.15) is 0 Å². The quantitative estimate of drug-likeness (QED) is 0.691. The van der Waals surface area contributed by atoms with Gasteiger partial charge in [-0.3, -0.25) is 4.90 Å². The molecule has 1 saturated heterocycles. The van der Waals surface area contributed by atoms with Crippen LogP contribution in [0.5, 0.6) is 11.5 Å². The second kappa shape index (κ2) is 7.92. The van der Waals surface area contributed by atoms with Gasteiger partial charge >= 0.3 is 0 Å². The van der Waals surface area contributed by atoms with Gasteiger partial charge in [-0.2, -0.15) is 0 Å². The van der Waals surface area contributed by atoms with Crippen LogP contribution in [-0.2, 0) is 0 Å². The lowest BCUT2D eigenvalue weighted by Crippen LogP contribution is -2.30. The molecule has 1 aromatic carbocycles. The number of rotatable bonds is 7. The van der Waals surface area contributed by atoms with Gasteiger partial charge in [-0.1, -0.05) is 29.3 Å². The van der Waals surface area contributed by atoms with Gasteiger partial charge in [-0.05, 0) is 31.9 Å². The molecule has 0 saturated carbocycles. The lowest BCUT2D eigenvalue weighted by Gasteiger charge is -2.23. The van der Waals surface area contributed by atoms with Crippen molar-refractivity contribution in [3.63, 3.8) is 0 Å². The maximum atomic E-state index is 6.10. The van der Waals surface area contributed by atoms with Gasteiger partial charge in [-0.15, -0.1) is 6.58 Å². The third-order valence-electron chi connectivity index (χ3n) is 3.75. The van der Waals surface area contributed by atoms with Gasteiger partial charge in [0.2, 0.25) is 0 Å². The molecule has 1 fully saturated rings. The first kappa shape index (κ1) is 16.5. The first-order valence-electron chi connectivity index (χ1n) is 7.16. The smallest absolute Gasteiger partial charge is 0.179 e. The van der Waals surface area contributed by atoms with Crippen molar-refractivity contribution in [2.75, 3.05) is 26.8 Å². The normalized spacial score (nSPS) is 18.7. The van der Waals surface area contributed by atoms with Crippen LogP contribution < -0.4 is 9.47 Å². The predicted molar refractivity (Wildman–Crippen MR) is 87.9 cm³/mol. The molecule has 21 heavy (non-hydrogen) atoms. The average molecular weight is 330 g/mol. The standard InChI is InChI=1S/C16H21Cl2NO2/c1-3-7-19-8-4-5-13(19)6-9-21-15-11-12(17)10-14(18)16(15)20-2/h3,10-11,13H,1,4-9H2,2H3. The Labute approximate surface area is 136 Å². The number of hydrogen-bond donors (Lipinski definition) is 0. The molecular formula is C16H21Cl2NO2. The zero-order valence-corrected chi connectivity index (χ0v) is 13.8. The van der Waals surface area contributed by atoms with Crippen molar-refractivity contribution < 1.29 is 9.47 Å². The molecule has 116 valence electrons. The van der Waals surface area contributed by atoms with Crippen molar-refractivity contribution >= 4 is 23.2 Å². The van der Waals surface area contributed by atoms with E-state index in [-0.39, 0.29) is 0 Å². The zero-order valence-electron chi connectivity index (χ0n) is 12.3. The molecule has 0 N–H and O–H groups in total. The van der Waals surface area contributed by atoms with Crippen LogP contribution in [0.15, 0.2) is 24.8 Å². The van der Waals surface area contributed by atoms with Crippen molar-refractivity contribution in [2.45, 2.75) is 25.3 Å². The van der Waals surface area contributed by atoms with E-state index in [1.165, 1.54) is 12.8 Å². The molecule has 1 aromatic rings. The van der Waals surface area contributed by atoms with Crippen LogP contribution in [0.25, 0.3) is 0 Å². The summed E-state index contributed by atoms with van der Waals surface area (Å²) in [6.45, 7) is 6.51. The minimum atomic E-state index is 0.467. The second-order valence-electron chi connectivity index (χ2n) is 5.14. The molecule has 5 heteroatoms. The Hall–Kier alpha value is -0.900. The Morgan fingerprint density at radius 1 is 1.43 bits per heavy atom. The second-order valence-corrected chi connectivity index (χ2v) is 5.98. The molecule has 1 aliphatic rings. The van der Waals surface area contributed by atoms with E-state index < -0.39 is 0 Å². The fourth-order valence-corrected chi connectivity index (χ4v) is 3.33. The fraction of sp³-hybridized carbons (Fsp3) is 0.500. The minimum absolute atomic E-state index is 0.467. The van der Waals surface area contributed by atoms with Crippen LogP contribution >= 0.6 is 23.2 Å². The van der Waals surface area contributed by atoms with Gasteiger partial charge in [0.15, 0.2) is 11.5 Å². The van der Waals surface area contributed by atoms with E-state index in [1.807, 2.05) is 6.08 Å². The zero-order chi connectivity index (χ0) is 15.2. The van der Waals surface area contributed by atoms with Crippen molar-refractivity contribution in [1.82, 2.24) is 4.90 Å². The molecule has 1 atom stereocenters. The molecule has 1 heterocycles. The summed E-state index contributed by atoms with van der Waals surface area (Å²) in [5.74, 6) is 1.14. The number of likely N-dealkylation sites (tertiary alicyclic amines) is 1. The Morgan fingerprint density at radius 2 is 2.24 bits per heavy atom. The van der Waals surface area contributed by atoms with E-state index in [4.69, 9.17) is 32.7 Å². The topological polar surface area (TPSA) is 21.7 Å². The minimum Gasteiger partial charge on any atom is -0.491 e. The number of methoxy groups -OCH3 is 1. The van der Waals surface area contributed by atoms with Crippen LogP contribution in [0.3, 0.4) is 0 Å². The summed E-state index contributed by atoms with van der Waals surface area (Å²) in [6, 6.07) is 3.95. The first-order chi connectivity index (χ1) is 10.2. The van der Waals surface area contributed by atoms with Crippen molar-refractivity contribution in [3.05, 3.63) is 34.8 Å². The van der Waals surface area contributed by atoms with Gasteiger partial charge < -0.3 is 9.47 Å². The highest BCUT2D eigenvalue weighted by molar-refractivity contribution is 6.35. The maximum absolute atomic E-state index is 6.10. The van der Waals surface area contributed by atoms with Gasteiger partial charge in [-0.25, -0.2) is 0 Å². The highest BCUT2D eigenvalue weighted by Crippen LogP contribution is 2.38. The lowest BCUT2D eigenvalue weighted by molar-refractivity contribution is 0.215. The number of hydrogen-bond acceptors (Lipinski definition) is 3. The van der Waals surface area contributed by atoms with E-state index in [1.54, 1.807) is 19.2 Å². The Balaban J connectivity index is 1.93. The molecule has 0 amide bonds. The molecule has 1 unspecified atom stereocenters. The summed E-state index contributed by atoms with van der Waals surface area (Å²) in [6.07, 6.45) is 5.38. The molecule has 0 radical (unpaired) electrons. The predicted octanol–water partition coefficient (Wildman–Crippen LogP) is 4.42. The summed E-state index contributed by atoms with van der Waals surface area (Å²) in [4.78, 5) is 2.44. The summed E-state index contributed by atoms with van der Waals surface area (Å²) in [5.41, 5.74) is 0. The molecule has 0 bridgehead atoms. The van der Waals surface area contributed by atoms with Gasteiger partial charge in [0.25, 0.3) is 0 Å². The molecule has 3 nitrogen and oxygen atoms in total. The van der Waals surface area contributed by atoms with E-state index in [9.17, 15) is 0 Å². The lowest BCUT2D eigenvalue weighted by atomic mass is 10.1. The van der Waals surface area contributed by atoms with Crippen molar-refractivity contribution in [2.24, 2.45) is 0 Å². The summed E-state index contributed by atoms with van der Waals surface area (Å²) in [5, 5.41) is 1.01. The van der Waals surface area contributed by atoms with Crippen LogP contribution in [0.2, 0.25) is 10.0 Å². The molecular weight excluding hydrogens is 309 g/mol. The van der Waals surface area contributed by atoms with Crippen molar-refractivity contribution in [1.29, 1.82) is 0 Å². The van der Waals surface area contributed by atoms with Crippen molar-refractivity contribution in [3.8, 4) is 11.5 Å². The van der Waals surface area contributed by atoms with Crippen LogP contribution in [-0.4, -0.2) is 37.7 Å². The average Bonchev–Trinajstić information content (AvgIpc) is 2.86. The number of ether oxygens (including phenoxy) is 2. The van der Waals surface area contributed by atoms with Crippen LogP contribution in [0, 0.1) is 0 Å². The molecule has 0 aromatic heterocycles. The summed E-state index contributed by atoms with van der Waals surface area (Å²) >= 11 is 12.1. The Bertz CT molecular complexity index is 493. The Kier molecular flexibility index (Phi) is 6.22. The largest absolute Gasteiger partial charge is 0.491 e. The maximum Gasteiger partial charge on any atom is 0.179 e. The summed E-state index contributed by atoms with van der Waals surface area (Å²) < 4.78 is 11.1. The molecule has 0 aliphatic carbocycles. The van der Waals surface area contributed by atoms with E-state index >= 15 is 0 Å². The van der Waals surface area contributed by atoms with E-state index in [2.05, 4.69) is 11.5 Å². The van der Waals surface area contributed by atoms with E-state index in [0.717, 1.165) is 19.5 Å². The van der Waals surface area contributed by atoms with Crippen LogP contribution in [0.1, 0.15) is 19.3 Å². The van der Waals surface area contributed by atoms with Gasteiger partial charge in [0, 0.05) is 23.7 Å². The Morgan fingerprint density at radius 3 is 2.95 bits per heavy atom. The monoisotopic (exact) mass is 329 g/mol. The van der Waals surface area contributed by atoms with E-state index in [0.29, 0.717) is 34.2 Å². The highest BCUT2D eigenvalue weighted by atomic mass is 35.5. The molecule has 0 spiro atoms. The first-order valence-corrected chi connectivity index (χ1v) is 7.92. The number of nitrogens with zero attached hydrogens (tertiary/aromatic N) is 1. The number of halogens is 2. The summed E-state index contributed by atoms with van der Waals surface area (Å²) in [7, 11) is 1.57. The van der Waals surface area contributed by atoms with Crippen LogP contribution in [0.4, 0.5) is 0 Å². The third-order valence-corrected chi connectivity index (χ3v) is 4.25. The highest BCUT2D eigenvalue weighted by Gasteiger charge is 2.23. The molecule has 2 rings (SSSR count). The third kappa shape index (κ3) is 4.29.